The van der Waals surface area contributed by atoms with E-state index < -0.39 is 5.82 Å². The molecule has 3 nitrogen and oxygen atoms in total. The molecular formula is C12H16FNO2. The van der Waals surface area contributed by atoms with Crippen LogP contribution in [-0.4, -0.2) is 29.9 Å². The van der Waals surface area contributed by atoms with Crippen LogP contribution in [0.15, 0.2) is 30.9 Å². The monoisotopic (exact) mass is 225 g/mol. The number of aliphatic hydroxyl groups excluding tert-OH is 2. The van der Waals surface area contributed by atoms with Crippen molar-refractivity contribution < 1.29 is 14.6 Å². The normalized spacial score (nSPS) is 10.2. The van der Waals surface area contributed by atoms with Gasteiger partial charge in [0, 0.05) is 18.7 Å². The molecule has 0 atom stereocenters. The Morgan fingerprint density at radius 3 is 2.69 bits per heavy atom. The van der Waals surface area contributed by atoms with E-state index in [2.05, 4.69) is 6.58 Å². The molecular weight excluding hydrogens is 209 g/mol. The fourth-order valence-electron chi connectivity index (χ4n) is 1.61. The minimum atomic E-state index is -0.401. The lowest BCUT2D eigenvalue weighted by Crippen LogP contribution is -2.28. The zero-order chi connectivity index (χ0) is 12.0. The fraction of sp³-hybridized carbons (Fsp3) is 0.333. The van der Waals surface area contributed by atoms with Gasteiger partial charge < -0.3 is 15.1 Å². The molecule has 0 saturated carbocycles. The van der Waals surface area contributed by atoms with E-state index in [-0.39, 0.29) is 13.2 Å². The van der Waals surface area contributed by atoms with Crippen molar-refractivity contribution in [1.82, 2.24) is 0 Å². The summed E-state index contributed by atoms with van der Waals surface area (Å²) in [5, 5.41) is 18.1. The van der Waals surface area contributed by atoms with E-state index in [1.165, 1.54) is 6.07 Å². The molecule has 0 aliphatic heterocycles. The number of nitrogens with zero attached hydrogens (tertiary/aromatic N) is 1. The molecule has 0 aliphatic carbocycles. The first-order valence-corrected chi connectivity index (χ1v) is 5.09. The van der Waals surface area contributed by atoms with Crippen LogP contribution in [0.4, 0.5) is 10.1 Å². The Bertz CT molecular complexity index is 355. The zero-order valence-electron chi connectivity index (χ0n) is 9.06. The van der Waals surface area contributed by atoms with Gasteiger partial charge in [-0.25, -0.2) is 4.39 Å². The molecule has 2 N–H and O–H groups in total. The molecule has 88 valence electrons. The van der Waals surface area contributed by atoms with Gasteiger partial charge in [0.15, 0.2) is 0 Å². The SMILES string of the molecule is C=CCN(CCO)c1c(F)cccc1CO. The number of hydrogen-bond donors (Lipinski definition) is 2. The van der Waals surface area contributed by atoms with Gasteiger partial charge in [-0.05, 0) is 6.07 Å². The Morgan fingerprint density at radius 2 is 2.12 bits per heavy atom. The van der Waals surface area contributed by atoms with Crippen molar-refractivity contribution in [2.75, 3.05) is 24.6 Å². The second kappa shape index (κ2) is 6.25. The fourth-order valence-corrected chi connectivity index (χ4v) is 1.61. The maximum absolute atomic E-state index is 13.7. The Balaban J connectivity index is 3.09. The summed E-state index contributed by atoms with van der Waals surface area (Å²) in [4.78, 5) is 1.65. The molecule has 4 heteroatoms. The van der Waals surface area contributed by atoms with Gasteiger partial charge in [-0.2, -0.15) is 0 Å². The molecule has 1 rings (SSSR count). The van der Waals surface area contributed by atoms with E-state index >= 15 is 0 Å². The summed E-state index contributed by atoms with van der Waals surface area (Å²) in [6, 6.07) is 4.54. The predicted octanol–water partition coefficient (Wildman–Crippen LogP) is 1.30. The molecule has 0 aromatic heterocycles. The molecule has 0 heterocycles. The topological polar surface area (TPSA) is 43.7 Å². The Morgan fingerprint density at radius 1 is 1.38 bits per heavy atom. The van der Waals surface area contributed by atoms with Gasteiger partial charge >= 0.3 is 0 Å². The molecule has 0 radical (unpaired) electrons. The lowest BCUT2D eigenvalue weighted by molar-refractivity contribution is 0.280. The van der Waals surface area contributed by atoms with Crippen molar-refractivity contribution >= 4 is 5.69 Å². The molecule has 0 fully saturated rings. The average molecular weight is 225 g/mol. The van der Waals surface area contributed by atoms with E-state index in [0.717, 1.165) is 0 Å². The average Bonchev–Trinajstić information content (AvgIpc) is 2.28. The predicted molar refractivity (Wildman–Crippen MR) is 61.8 cm³/mol. The van der Waals surface area contributed by atoms with Crippen molar-refractivity contribution in [2.24, 2.45) is 0 Å². The standard InChI is InChI=1S/C12H16FNO2/c1-2-6-14(7-8-15)12-10(9-16)4-3-5-11(12)13/h2-5,15-16H,1,6-9H2. The Labute approximate surface area is 94.4 Å². The highest BCUT2D eigenvalue weighted by Crippen LogP contribution is 2.24. The molecule has 1 aromatic carbocycles. The first kappa shape index (κ1) is 12.7. The third-order valence-electron chi connectivity index (χ3n) is 2.28. The van der Waals surface area contributed by atoms with Crippen LogP contribution in [0.5, 0.6) is 0 Å². The van der Waals surface area contributed by atoms with Gasteiger partial charge in [-0.3, -0.25) is 0 Å². The summed E-state index contributed by atoms with van der Waals surface area (Å²) in [6.45, 7) is 4.01. The van der Waals surface area contributed by atoms with E-state index in [1.807, 2.05) is 0 Å². The Hall–Kier alpha value is -1.39. The molecule has 1 aromatic rings. The van der Waals surface area contributed by atoms with Crippen LogP contribution in [0, 0.1) is 5.82 Å². The van der Waals surface area contributed by atoms with Crippen molar-refractivity contribution in [3.63, 3.8) is 0 Å². The summed E-state index contributed by atoms with van der Waals surface area (Å²) < 4.78 is 13.7. The highest BCUT2D eigenvalue weighted by molar-refractivity contribution is 5.55. The van der Waals surface area contributed by atoms with Crippen molar-refractivity contribution in [1.29, 1.82) is 0 Å². The van der Waals surface area contributed by atoms with Crippen molar-refractivity contribution in [3.8, 4) is 0 Å². The number of anilines is 1. The van der Waals surface area contributed by atoms with E-state index in [1.54, 1.807) is 23.1 Å². The lowest BCUT2D eigenvalue weighted by atomic mass is 10.1. The maximum Gasteiger partial charge on any atom is 0.146 e. The first-order valence-electron chi connectivity index (χ1n) is 5.09. The van der Waals surface area contributed by atoms with Crippen LogP contribution in [0.2, 0.25) is 0 Å². The molecule has 0 bridgehead atoms. The van der Waals surface area contributed by atoms with Crippen molar-refractivity contribution in [2.45, 2.75) is 6.61 Å². The molecule has 0 spiro atoms. The molecule has 16 heavy (non-hydrogen) atoms. The molecule has 0 amide bonds. The van der Waals surface area contributed by atoms with E-state index in [0.29, 0.717) is 24.3 Å². The van der Waals surface area contributed by atoms with Crippen LogP contribution in [0.25, 0.3) is 0 Å². The second-order valence-electron chi connectivity index (χ2n) is 3.36. The highest BCUT2D eigenvalue weighted by atomic mass is 19.1. The number of halogens is 1. The second-order valence-corrected chi connectivity index (χ2v) is 3.36. The van der Waals surface area contributed by atoms with Crippen LogP contribution < -0.4 is 4.90 Å². The van der Waals surface area contributed by atoms with Gasteiger partial charge in [0.1, 0.15) is 5.82 Å². The lowest BCUT2D eigenvalue weighted by Gasteiger charge is -2.25. The van der Waals surface area contributed by atoms with Crippen LogP contribution in [-0.2, 0) is 6.61 Å². The third-order valence-corrected chi connectivity index (χ3v) is 2.28. The van der Waals surface area contributed by atoms with Gasteiger partial charge in [0.05, 0.1) is 18.9 Å². The summed E-state index contributed by atoms with van der Waals surface area (Å²) in [7, 11) is 0. The van der Waals surface area contributed by atoms with Gasteiger partial charge in [-0.1, -0.05) is 18.2 Å². The summed E-state index contributed by atoms with van der Waals surface area (Å²) in [5.74, 6) is -0.401. The minimum absolute atomic E-state index is 0.0763. The van der Waals surface area contributed by atoms with Gasteiger partial charge in [0.2, 0.25) is 0 Å². The van der Waals surface area contributed by atoms with Crippen molar-refractivity contribution in [3.05, 3.63) is 42.2 Å². The van der Waals surface area contributed by atoms with E-state index in [4.69, 9.17) is 10.2 Å². The molecule has 0 unspecified atom stereocenters. The molecule has 0 aliphatic rings. The smallest absolute Gasteiger partial charge is 0.146 e. The summed E-state index contributed by atoms with van der Waals surface area (Å²) in [6.07, 6.45) is 1.63. The minimum Gasteiger partial charge on any atom is -0.395 e. The van der Waals surface area contributed by atoms with Gasteiger partial charge in [0.25, 0.3) is 0 Å². The number of para-hydroxylation sites is 1. The number of benzene rings is 1. The number of rotatable bonds is 6. The third kappa shape index (κ3) is 2.81. The Kier molecular flexibility index (Phi) is 4.95. The first-order chi connectivity index (χ1) is 7.74. The number of hydrogen-bond acceptors (Lipinski definition) is 3. The van der Waals surface area contributed by atoms with Crippen LogP contribution in [0.1, 0.15) is 5.56 Å². The largest absolute Gasteiger partial charge is 0.395 e. The van der Waals surface area contributed by atoms with Crippen LogP contribution in [0.3, 0.4) is 0 Å². The van der Waals surface area contributed by atoms with Crippen LogP contribution >= 0.6 is 0 Å². The quantitative estimate of drug-likeness (QED) is 0.717. The summed E-state index contributed by atoms with van der Waals surface area (Å²) in [5.41, 5.74) is 0.842. The molecule has 0 saturated heterocycles. The maximum atomic E-state index is 13.7. The summed E-state index contributed by atoms with van der Waals surface area (Å²) >= 11 is 0. The zero-order valence-corrected chi connectivity index (χ0v) is 9.06. The highest BCUT2D eigenvalue weighted by Gasteiger charge is 2.14. The van der Waals surface area contributed by atoms with E-state index in [9.17, 15) is 4.39 Å². The number of aliphatic hydroxyl groups is 2. The van der Waals surface area contributed by atoms with Gasteiger partial charge in [-0.15, -0.1) is 6.58 Å².